The lowest BCUT2D eigenvalue weighted by Gasteiger charge is -2.22. The van der Waals surface area contributed by atoms with Gasteiger partial charge in [0.1, 0.15) is 0 Å². The smallest absolute Gasteiger partial charge is 0.315 e. The molecule has 5 heteroatoms. The minimum absolute atomic E-state index is 0.132. The van der Waals surface area contributed by atoms with E-state index in [0.29, 0.717) is 19.2 Å². The van der Waals surface area contributed by atoms with Gasteiger partial charge in [-0.15, -0.1) is 0 Å². The molecule has 1 atom stereocenters. The lowest BCUT2D eigenvalue weighted by atomic mass is 10.1. The van der Waals surface area contributed by atoms with Gasteiger partial charge in [0.05, 0.1) is 6.10 Å². The van der Waals surface area contributed by atoms with E-state index >= 15 is 0 Å². The van der Waals surface area contributed by atoms with Crippen LogP contribution in [-0.2, 0) is 11.3 Å². The van der Waals surface area contributed by atoms with Gasteiger partial charge in [-0.25, -0.2) is 4.79 Å². The molecular formula is C20H25N3O2. The van der Waals surface area contributed by atoms with Gasteiger partial charge >= 0.3 is 6.03 Å². The molecule has 2 aromatic rings. The number of rotatable bonds is 6. The van der Waals surface area contributed by atoms with Gasteiger partial charge in [-0.3, -0.25) is 4.98 Å². The number of amides is 2. The van der Waals surface area contributed by atoms with Crippen LogP contribution in [0.5, 0.6) is 0 Å². The molecule has 3 rings (SSSR count). The molecule has 2 heterocycles. The molecule has 25 heavy (non-hydrogen) atoms. The van der Waals surface area contributed by atoms with Crippen molar-refractivity contribution in [3.8, 4) is 11.1 Å². The monoisotopic (exact) mass is 339 g/mol. The second-order valence-corrected chi connectivity index (χ2v) is 6.33. The third-order valence-electron chi connectivity index (χ3n) is 4.43. The molecule has 0 radical (unpaired) electrons. The topological polar surface area (TPSA) is 63.2 Å². The lowest BCUT2D eigenvalue weighted by molar-refractivity contribution is 0.0120. The van der Waals surface area contributed by atoms with E-state index in [-0.39, 0.29) is 6.03 Å². The number of carbonyl (C=O) groups is 1. The summed E-state index contributed by atoms with van der Waals surface area (Å²) in [5, 5.41) is 5.79. The average molecular weight is 339 g/mol. The van der Waals surface area contributed by atoms with Crippen molar-refractivity contribution in [1.82, 2.24) is 15.6 Å². The van der Waals surface area contributed by atoms with Gasteiger partial charge in [0.2, 0.25) is 0 Å². The number of benzene rings is 1. The summed E-state index contributed by atoms with van der Waals surface area (Å²) in [4.78, 5) is 16.0. The fourth-order valence-electron chi connectivity index (χ4n) is 2.98. The van der Waals surface area contributed by atoms with Crippen molar-refractivity contribution < 1.29 is 9.53 Å². The number of aromatic nitrogens is 1. The summed E-state index contributed by atoms with van der Waals surface area (Å²) in [6, 6.07) is 12.0. The molecule has 1 aromatic carbocycles. The quantitative estimate of drug-likeness (QED) is 0.846. The summed E-state index contributed by atoms with van der Waals surface area (Å²) in [7, 11) is 0. The molecule has 0 bridgehead atoms. The highest BCUT2D eigenvalue weighted by Crippen LogP contribution is 2.18. The van der Waals surface area contributed by atoms with Crippen LogP contribution in [0.2, 0.25) is 0 Å². The zero-order chi connectivity index (χ0) is 17.3. The molecule has 1 aromatic heterocycles. The maximum Gasteiger partial charge on any atom is 0.315 e. The van der Waals surface area contributed by atoms with Crippen molar-refractivity contribution >= 4 is 6.03 Å². The number of pyridine rings is 1. The van der Waals surface area contributed by atoms with Crippen LogP contribution < -0.4 is 10.6 Å². The maximum atomic E-state index is 11.9. The minimum Gasteiger partial charge on any atom is -0.378 e. The zero-order valence-electron chi connectivity index (χ0n) is 14.4. The van der Waals surface area contributed by atoms with Crippen LogP contribution >= 0.6 is 0 Å². The second-order valence-electron chi connectivity index (χ2n) is 6.33. The van der Waals surface area contributed by atoms with Crippen molar-refractivity contribution in [2.24, 2.45) is 0 Å². The molecule has 5 nitrogen and oxygen atoms in total. The molecule has 1 aliphatic heterocycles. The number of carbonyl (C=O) groups excluding carboxylic acids is 1. The molecule has 1 fully saturated rings. The van der Waals surface area contributed by atoms with Crippen LogP contribution in [0.1, 0.15) is 31.2 Å². The number of ether oxygens (including phenoxy) is 1. The Hall–Kier alpha value is -2.40. The van der Waals surface area contributed by atoms with Gasteiger partial charge in [0.15, 0.2) is 0 Å². The van der Waals surface area contributed by atoms with Gasteiger partial charge < -0.3 is 15.4 Å². The van der Waals surface area contributed by atoms with E-state index in [0.717, 1.165) is 42.6 Å². The first kappa shape index (κ1) is 17.4. The molecule has 132 valence electrons. The van der Waals surface area contributed by atoms with E-state index in [1.54, 1.807) is 6.20 Å². The van der Waals surface area contributed by atoms with Crippen molar-refractivity contribution in [2.75, 3.05) is 13.2 Å². The molecule has 0 saturated carbocycles. The van der Waals surface area contributed by atoms with Gasteiger partial charge in [-0.2, -0.15) is 0 Å². The highest BCUT2D eigenvalue weighted by molar-refractivity contribution is 5.73. The summed E-state index contributed by atoms with van der Waals surface area (Å²) in [5.41, 5.74) is 3.27. The van der Waals surface area contributed by atoms with Gasteiger partial charge in [0.25, 0.3) is 0 Å². The Kier molecular flexibility index (Phi) is 6.40. The fraction of sp³-hybridized carbons (Fsp3) is 0.400. The summed E-state index contributed by atoms with van der Waals surface area (Å²) in [5.74, 6) is 0. The van der Waals surface area contributed by atoms with E-state index in [9.17, 15) is 4.79 Å². The second kappa shape index (κ2) is 9.18. The number of nitrogens with one attached hydrogen (secondary N) is 2. The maximum absolute atomic E-state index is 11.9. The van der Waals surface area contributed by atoms with Gasteiger partial charge in [-0.05, 0) is 48.4 Å². The molecule has 2 N–H and O–H groups in total. The van der Waals surface area contributed by atoms with Crippen LogP contribution in [-0.4, -0.2) is 30.3 Å². The van der Waals surface area contributed by atoms with Crippen molar-refractivity contribution in [1.29, 1.82) is 0 Å². The van der Waals surface area contributed by atoms with Crippen molar-refractivity contribution in [2.45, 2.75) is 38.3 Å². The predicted octanol–water partition coefficient (Wildman–Crippen LogP) is 3.51. The van der Waals surface area contributed by atoms with E-state index < -0.39 is 0 Å². The number of nitrogens with zero attached hydrogens (tertiary/aromatic N) is 1. The van der Waals surface area contributed by atoms with Crippen LogP contribution in [0.3, 0.4) is 0 Å². The minimum atomic E-state index is -0.132. The number of urea groups is 1. The first-order chi connectivity index (χ1) is 12.3. The van der Waals surface area contributed by atoms with Crippen LogP contribution in [0.25, 0.3) is 11.1 Å². The molecule has 0 aliphatic carbocycles. The van der Waals surface area contributed by atoms with E-state index in [2.05, 4.69) is 15.6 Å². The van der Waals surface area contributed by atoms with Crippen LogP contribution in [0.15, 0.2) is 48.8 Å². The summed E-state index contributed by atoms with van der Waals surface area (Å²) >= 11 is 0. The van der Waals surface area contributed by atoms with Crippen molar-refractivity contribution in [3.05, 3.63) is 54.4 Å². The Morgan fingerprint density at radius 2 is 2.00 bits per heavy atom. The Morgan fingerprint density at radius 3 is 2.72 bits per heavy atom. The SMILES string of the molecule is O=C(NCCC1CCCCO1)NCc1ccc(-c2cccnc2)cc1. The number of hydrogen-bond donors (Lipinski definition) is 2. The fourth-order valence-corrected chi connectivity index (χ4v) is 2.98. The summed E-state index contributed by atoms with van der Waals surface area (Å²) in [6.07, 6.45) is 8.28. The van der Waals surface area contributed by atoms with E-state index in [4.69, 9.17) is 4.74 Å². The lowest BCUT2D eigenvalue weighted by Crippen LogP contribution is -2.37. The zero-order valence-corrected chi connectivity index (χ0v) is 14.4. The summed E-state index contributed by atoms with van der Waals surface area (Å²) < 4.78 is 5.66. The molecule has 2 amide bonds. The molecule has 1 saturated heterocycles. The van der Waals surface area contributed by atoms with Gasteiger partial charge in [-0.1, -0.05) is 30.3 Å². The molecule has 0 spiro atoms. The molecular weight excluding hydrogens is 314 g/mol. The highest BCUT2D eigenvalue weighted by Gasteiger charge is 2.13. The standard InChI is InChI=1S/C20H25N3O2/c24-20(22-12-10-19-5-1-2-13-25-19)23-14-16-6-8-17(9-7-16)18-4-3-11-21-15-18/h3-4,6-9,11,15,19H,1-2,5,10,12-14H2,(H2,22,23,24). The Balaban J connectivity index is 1.38. The molecule has 1 unspecified atom stereocenters. The van der Waals surface area contributed by atoms with Crippen LogP contribution in [0, 0.1) is 0 Å². The summed E-state index contributed by atoms with van der Waals surface area (Å²) in [6.45, 7) is 2.02. The molecule has 1 aliphatic rings. The predicted molar refractivity (Wildman–Crippen MR) is 98.1 cm³/mol. The van der Waals surface area contributed by atoms with Crippen LogP contribution in [0.4, 0.5) is 4.79 Å². The highest BCUT2D eigenvalue weighted by atomic mass is 16.5. The largest absolute Gasteiger partial charge is 0.378 e. The van der Waals surface area contributed by atoms with Gasteiger partial charge in [0, 0.05) is 32.1 Å². The number of hydrogen-bond acceptors (Lipinski definition) is 3. The Morgan fingerprint density at radius 1 is 1.12 bits per heavy atom. The first-order valence-electron chi connectivity index (χ1n) is 8.94. The van der Waals surface area contributed by atoms with E-state index in [1.807, 2.05) is 42.6 Å². The average Bonchev–Trinajstić information content (AvgIpc) is 2.68. The normalized spacial score (nSPS) is 17.0. The Bertz CT molecular complexity index is 652. The first-order valence-corrected chi connectivity index (χ1v) is 8.94. The van der Waals surface area contributed by atoms with E-state index in [1.165, 1.54) is 6.42 Å². The third-order valence-corrected chi connectivity index (χ3v) is 4.43. The Labute approximate surface area is 148 Å². The van der Waals surface area contributed by atoms with Crippen molar-refractivity contribution in [3.63, 3.8) is 0 Å². The third kappa shape index (κ3) is 5.57.